The van der Waals surface area contributed by atoms with E-state index in [4.69, 9.17) is 14.2 Å². The first-order chi connectivity index (χ1) is 13.4. The Labute approximate surface area is 160 Å². The molecule has 0 radical (unpaired) electrons. The quantitative estimate of drug-likeness (QED) is 0.591. The molecule has 0 saturated carbocycles. The van der Waals surface area contributed by atoms with E-state index < -0.39 is 0 Å². The molecule has 2 atom stereocenters. The Hall–Kier alpha value is -2.46. The average molecular weight is 360 g/mol. The van der Waals surface area contributed by atoms with Crippen LogP contribution in [0.3, 0.4) is 0 Å². The molecule has 0 amide bonds. The van der Waals surface area contributed by atoms with Crippen molar-refractivity contribution in [1.29, 1.82) is 0 Å². The van der Waals surface area contributed by atoms with Gasteiger partial charge in [-0.2, -0.15) is 0 Å². The highest BCUT2D eigenvalue weighted by molar-refractivity contribution is 5.72. The topological polar surface area (TPSA) is 34.3 Å². The third-order valence-electron chi connectivity index (χ3n) is 4.49. The van der Waals surface area contributed by atoms with Gasteiger partial charge < -0.3 is 14.2 Å². The summed E-state index contributed by atoms with van der Waals surface area (Å²) >= 11 is 0. The van der Waals surface area contributed by atoms with Crippen molar-refractivity contribution < 1.29 is 14.2 Å². The molecule has 2 fully saturated rings. The normalized spacial score (nSPS) is 19.7. The van der Waals surface area contributed by atoms with Crippen LogP contribution in [-0.4, -0.2) is 38.6 Å². The summed E-state index contributed by atoms with van der Waals surface area (Å²) in [6.07, 6.45) is 0.785. The summed E-state index contributed by atoms with van der Waals surface area (Å²) in [7, 11) is 0. The highest BCUT2D eigenvalue weighted by Gasteiger charge is 2.26. The molecular weight excluding hydrogens is 336 g/mol. The fourth-order valence-corrected chi connectivity index (χ4v) is 2.80. The minimum Gasteiger partial charge on any atom is -0.376 e. The lowest BCUT2D eigenvalue weighted by molar-refractivity contribution is 0.102. The van der Waals surface area contributed by atoms with Gasteiger partial charge in [0.15, 0.2) is 0 Å². The van der Waals surface area contributed by atoms with Gasteiger partial charge in [0.2, 0.25) is 0 Å². The van der Waals surface area contributed by atoms with Gasteiger partial charge in [-0.15, -0.1) is 0 Å². The second-order valence-electron chi connectivity index (χ2n) is 6.76. The lowest BCUT2D eigenvalue weighted by Crippen LogP contribution is -2.06. The molecule has 3 nitrogen and oxygen atoms in total. The Morgan fingerprint density at radius 3 is 1.41 bits per heavy atom. The van der Waals surface area contributed by atoms with Crippen molar-refractivity contribution in [2.45, 2.75) is 12.2 Å². The summed E-state index contributed by atoms with van der Waals surface area (Å²) < 4.78 is 15.1. The Kier molecular flexibility index (Phi) is 5.95. The van der Waals surface area contributed by atoms with Crippen LogP contribution in [0.25, 0.3) is 22.3 Å². The van der Waals surface area contributed by atoms with Gasteiger partial charge in [0.1, 0.15) is 12.2 Å². The highest BCUT2D eigenvalue weighted by Crippen LogP contribution is 2.25. The number of epoxide rings is 2. The first kappa shape index (κ1) is 17.9. The largest absolute Gasteiger partial charge is 0.376 e. The standard InChI is InChI=1S/C18H14.C6H10O3/c1-3-8-15(9-4-1)17-12-7-13-18(14-17)16-10-5-2-6-11-16;1(5-3-8-5)7-2-6-4-9-6/h1-14H;5-6H,1-4H2. The van der Waals surface area contributed by atoms with E-state index in [1.165, 1.54) is 22.3 Å². The van der Waals surface area contributed by atoms with Crippen molar-refractivity contribution in [1.82, 2.24) is 0 Å². The summed E-state index contributed by atoms with van der Waals surface area (Å²) in [6, 6.07) is 29.6. The van der Waals surface area contributed by atoms with E-state index in [1.807, 2.05) is 12.1 Å². The van der Waals surface area contributed by atoms with Gasteiger partial charge in [-0.05, 0) is 28.3 Å². The van der Waals surface area contributed by atoms with Crippen LogP contribution in [0, 0.1) is 0 Å². The third-order valence-corrected chi connectivity index (χ3v) is 4.49. The molecule has 138 valence electrons. The number of hydrogen-bond donors (Lipinski definition) is 0. The summed E-state index contributed by atoms with van der Waals surface area (Å²) in [4.78, 5) is 0. The van der Waals surface area contributed by atoms with Crippen LogP contribution in [0.2, 0.25) is 0 Å². The van der Waals surface area contributed by atoms with Gasteiger partial charge in [0.25, 0.3) is 0 Å². The van der Waals surface area contributed by atoms with E-state index >= 15 is 0 Å². The molecule has 0 N–H and O–H groups in total. The number of rotatable bonds is 6. The molecule has 0 spiro atoms. The lowest BCUT2D eigenvalue weighted by Gasteiger charge is -2.05. The van der Waals surface area contributed by atoms with E-state index in [0.29, 0.717) is 12.2 Å². The Bertz CT molecular complexity index is 758. The smallest absolute Gasteiger partial charge is 0.104 e. The van der Waals surface area contributed by atoms with E-state index in [2.05, 4.69) is 72.8 Å². The Morgan fingerprint density at radius 2 is 1.00 bits per heavy atom. The number of hydrogen-bond acceptors (Lipinski definition) is 3. The number of benzene rings is 3. The highest BCUT2D eigenvalue weighted by atomic mass is 16.6. The van der Waals surface area contributed by atoms with Crippen molar-refractivity contribution in [3.63, 3.8) is 0 Å². The molecule has 0 aromatic heterocycles. The van der Waals surface area contributed by atoms with Gasteiger partial charge in [0, 0.05) is 0 Å². The molecule has 5 rings (SSSR count). The molecular formula is C24H24O3. The molecule has 3 aromatic carbocycles. The molecule has 2 heterocycles. The predicted molar refractivity (Wildman–Crippen MR) is 108 cm³/mol. The molecule has 27 heavy (non-hydrogen) atoms. The second kappa shape index (κ2) is 8.96. The molecule has 3 aromatic rings. The van der Waals surface area contributed by atoms with Crippen molar-refractivity contribution >= 4 is 0 Å². The molecule has 2 aliphatic rings. The average Bonchev–Trinajstić information content (AvgIpc) is 3.66. The molecule has 0 bridgehead atoms. The van der Waals surface area contributed by atoms with Gasteiger partial charge in [-0.25, -0.2) is 0 Å². The second-order valence-corrected chi connectivity index (χ2v) is 6.76. The summed E-state index contributed by atoms with van der Waals surface area (Å²) in [5.74, 6) is 0. The van der Waals surface area contributed by atoms with E-state index in [-0.39, 0.29) is 0 Å². The molecule has 0 aliphatic carbocycles. The molecule has 3 heteroatoms. The van der Waals surface area contributed by atoms with Crippen molar-refractivity contribution in [3.05, 3.63) is 84.9 Å². The van der Waals surface area contributed by atoms with Crippen molar-refractivity contribution in [2.24, 2.45) is 0 Å². The monoisotopic (exact) mass is 360 g/mol. The predicted octanol–water partition coefficient (Wildman–Crippen LogP) is 4.82. The van der Waals surface area contributed by atoms with E-state index in [1.54, 1.807) is 0 Å². The van der Waals surface area contributed by atoms with Crippen LogP contribution in [0.1, 0.15) is 0 Å². The van der Waals surface area contributed by atoms with Crippen molar-refractivity contribution in [3.8, 4) is 22.3 Å². The summed E-state index contributed by atoms with van der Waals surface area (Å²) in [5.41, 5.74) is 5.04. The van der Waals surface area contributed by atoms with Crippen LogP contribution >= 0.6 is 0 Å². The SMILES string of the molecule is C(OCC1CO1)C1CO1.c1ccc(-c2cccc(-c3ccccc3)c2)cc1. The zero-order valence-corrected chi connectivity index (χ0v) is 15.3. The Balaban J connectivity index is 0.000000167. The van der Waals surface area contributed by atoms with Gasteiger partial charge in [0.05, 0.1) is 26.4 Å². The van der Waals surface area contributed by atoms with Crippen LogP contribution in [-0.2, 0) is 14.2 Å². The van der Waals surface area contributed by atoms with Gasteiger partial charge in [-0.1, -0.05) is 78.9 Å². The fraction of sp³-hybridized carbons (Fsp3) is 0.250. The first-order valence-corrected chi connectivity index (χ1v) is 9.40. The van der Waals surface area contributed by atoms with E-state index in [0.717, 1.165) is 26.4 Å². The molecule has 2 aliphatic heterocycles. The van der Waals surface area contributed by atoms with Crippen LogP contribution in [0.4, 0.5) is 0 Å². The maximum Gasteiger partial charge on any atom is 0.104 e. The van der Waals surface area contributed by atoms with Crippen LogP contribution in [0.15, 0.2) is 84.9 Å². The van der Waals surface area contributed by atoms with Crippen molar-refractivity contribution in [2.75, 3.05) is 26.4 Å². The maximum atomic E-state index is 5.23. The summed E-state index contributed by atoms with van der Waals surface area (Å²) in [5, 5.41) is 0. The third kappa shape index (κ3) is 5.76. The summed E-state index contributed by atoms with van der Waals surface area (Å²) in [6.45, 7) is 3.26. The van der Waals surface area contributed by atoms with Crippen LogP contribution in [0.5, 0.6) is 0 Å². The van der Waals surface area contributed by atoms with E-state index in [9.17, 15) is 0 Å². The number of ether oxygens (including phenoxy) is 3. The van der Waals surface area contributed by atoms with Gasteiger partial charge >= 0.3 is 0 Å². The minimum absolute atomic E-state index is 0.392. The zero-order valence-electron chi connectivity index (χ0n) is 15.3. The maximum absolute atomic E-state index is 5.23. The first-order valence-electron chi connectivity index (χ1n) is 9.40. The fourth-order valence-electron chi connectivity index (χ4n) is 2.80. The minimum atomic E-state index is 0.392. The molecule has 2 unspecified atom stereocenters. The van der Waals surface area contributed by atoms with Gasteiger partial charge in [-0.3, -0.25) is 0 Å². The Morgan fingerprint density at radius 1 is 0.593 bits per heavy atom. The zero-order chi connectivity index (χ0) is 18.3. The lowest BCUT2D eigenvalue weighted by atomic mass is 9.99. The van der Waals surface area contributed by atoms with Crippen LogP contribution < -0.4 is 0 Å². The molecule has 2 saturated heterocycles.